The van der Waals surface area contributed by atoms with Crippen LogP contribution in [0.2, 0.25) is 5.02 Å². The molecule has 0 saturated carbocycles. The number of carbonyl (C=O) groups excluding carboxylic acids is 1. The number of benzene rings is 2. The highest BCUT2D eigenvalue weighted by atomic mass is 79.9. The number of rotatable bonds is 10. The van der Waals surface area contributed by atoms with Gasteiger partial charge in [0.1, 0.15) is 18.4 Å². The second kappa shape index (κ2) is 13.1. The van der Waals surface area contributed by atoms with Gasteiger partial charge in [-0.3, -0.25) is 14.8 Å². The summed E-state index contributed by atoms with van der Waals surface area (Å²) in [6.45, 7) is 5.01. The highest BCUT2D eigenvalue weighted by Gasteiger charge is 2.16. The molecular formula is C30H30BrClN6O2. The third-order valence-electron chi connectivity index (χ3n) is 6.38. The Labute approximate surface area is 247 Å². The smallest absolute Gasteiger partial charge is 0.224 e. The number of hydrogen-bond donors (Lipinski definition) is 2. The summed E-state index contributed by atoms with van der Waals surface area (Å²) in [7, 11) is 3.96. The first-order chi connectivity index (χ1) is 19.2. The quantitative estimate of drug-likeness (QED) is 0.194. The summed E-state index contributed by atoms with van der Waals surface area (Å²) < 4.78 is 6.65. The Morgan fingerprint density at radius 1 is 1.15 bits per heavy atom. The van der Waals surface area contributed by atoms with Crippen molar-refractivity contribution in [1.82, 2.24) is 14.9 Å². The summed E-state index contributed by atoms with van der Waals surface area (Å²) in [5, 5.41) is 17.3. The second-order valence-electron chi connectivity index (χ2n) is 9.74. The average molecular weight is 622 g/mol. The fourth-order valence-corrected chi connectivity index (χ4v) is 4.79. The minimum atomic E-state index is -0.0609. The zero-order valence-electron chi connectivity index (χ0n) is 22.8. The van der Waals surface area contributed by atoms with Crippen LogP contribution in [0.25, 0.3) is 10.9 Å². The lowest BCUT2D eigenvalue weighted by molar-refractivity contribution is -0.116. The zero-order valence-corrected chi connectivity index (χ0v) is 25.2. The van der Waals surface area contributed by atoms with Gasteiger partial charge < -0.3 is 20.3 Å². The Balaban J connectivity index is 1.62. The summed E-state index contributed by atoms with van der Waals surface area (Å²) in [5.74, 6) is 0.438. The van der Waals surface area contributed by atoms with Gasteiger partial charge >= 0.3 is 0 Å². The molecule has 4 rings (SSSR count). The van der Waals surface area contributed by atoms with Gasteiger partial charge in [-0.05, 0) is 98.3 Å². The molecule has 0 atom stereocenters. The zero-order chi connectivity index (χ0) is 28.8. The molecule has 1 amide bonds. The van der Waals surface area contributed by atoms with Gasteiger partial charge in [-0.15, -0.1) is 0 Å². The molecule has 0 bridgehead atoms. The van der Waals surface area contributed by atoms with Crippen LogP contribution >= 0.6 is 27.5 Å². The number of halogens is 2. The van der Waals surface area contributed by atoms with Crippen molar-refractivity contribution in [2.24, 2.45) is 0 Å². The highest BCUT2D eigenvalue weighted by molar-refractivity contribution is 9.10. The van der Waals surface area contributed by atoms with Gasteiger partial charge in [0.15, 0.2) is 0 Å². The lowest BCUT2D eigenvalue weighted by atomic mass is 10.0. The lowest BCUT2D eigenvalue weighted by Crippen LogP contribution is -2.17. The Morgan fingerprint density at radius 3 is 2.67 bits per heavy atom. The molecular weight excluding hydrogens is 592 g/mol. The van der Waals surface area contributed by atoms with Crippen molar-refractivity contribution >= 4 is 61.4 Å². The van der Waals surface area contributed by atoms with Gasteiger partial charge in [0.05, 0.1) is 33.2 Å². The van der Waals surface area contributed by atoms with Crippen molar-refractivity contribution in [3.8, 4) is 11.8 Å². The molecule has 0 radical (unpaired) electrons. The Morgan fingerprint density at radius 2 is 1.95 bits per heavy atom. The number of aromatic nitrogens is 2. The molecule has 2 N–H and O–H groups in total. The van der Waals surface area contributed by atoms with E-state index in [2.05, 4.69) is 42.6 Å². The number of anilines is 3. The largest absolute Gasteiger partial charge is 0.486 e. The third kappa shape index (κ3) is 7.07. The average Bonchev–Trinajstić information content (AvgIpc) is 2.91. The molecule has 0 aliphatic carbocycles. The van der Waals surface area contributed by atoms with Crippen LogP contribution in [-0.4, -0.2) is 41.4 Å². The highest BCUT2D eigenvalue weighted by Crippen LogP contribution is 2.39. The van der Waals surface area contributed by atoms with Gasteiger partial charge in [-0.2, -0.15) is 5.26 Å². The van der Waals surface area contributed by atoms with Gasteiger partial charge in [-0.1, -0.05) is 17.7 Å². The van der Waals surface area contributed by atoms with E-state index in [4.69, 9.17) is 16.3 Å². The van der Waals surface area contributed by atoms with Crippen LogP contribution in [0.1, 0.15) is 35.2 Å². The maximum absolute atomic E-state index is 12.6. The van der Waals surface area contributed by atoms with Crippen LogP contribution in [0.4, 0.5) is 17.1 Å². The molecule has 10 heteroatoms. The molecule has 2 aromatic heterocycles. The lowest BCUT2D eigenvalue weighted by Gasteiger charge is -2.17. The van der Waals surface area contributed by atoms with E-state index in [0.717, 1.165) is 29.8 Å². The number of hydrogen-bond acceptors (Lipinski definition) is 7. The molecule has 2 aromatic carbocycles. The first-order valence-corrected chi connectivity index (χ1v) is 13.9. The summed E-state index contributed by atoms with van der Waals surface area (Å²) in [6.07, 6.45) is 4.43. The number of nitrogens with zero attached hydrogens (tertiary/aromatic N) is 4. The van der Waals surface area contributed by atoms with Crippen molar-refractivity contribution < 1.29 is 9.53 Å². The molecule has 0 aliphatic heterocycles. The molecule has 4 aromatic rings. The fraction of sp³-hybridized carbons (Fsp3) is 0.267. The number of fused-ring (bicyclic) bond motifs is 1. The van der Waals surface area contributed by atoms with E-state index >= 15 is 0 Å². The second-order valence-corrected chi connectivity index (χ2v) is 11.0. The van der Waals surface area contributed by atoms with E-state index in [1.54, 1.807) is 18.3 Å². The maximum atomic E-state index is 12.6. The van der Waals surface area contributed by atoms with Gasteiger partial charge in [0, 0.05) is 34.4 Å². The van der Waals surface area contributed by atoms with E-state index in [1.807, 2.05) is 57.1 Å². The van der Waals surface area contributed by atoms with Crippen molar-refractivity contribution in [3.63, 3.8) is 0 Å². The van der Waals surface area contributed by atoms with Crippen LogP contribution in [0.15, 0.2) is 53.3 Å². The summed E-state index contributed by atoms with van der Waals surface area (Å²) >= 11 is 10.2. The number of aryl methyl sites for hydroxylation is 2. The minimum absolute atomic E-state index is 0.0609. The van der Waals surface area contributed by atoms with Gasteiger partial charge in [0.25, 0.3) is 0 Å². The molecule has 0 spiro atoms. The van der Waals surface area contributed by atoms with Gasteiger partial charge in [-0.25, -0.2) is 0 Å². The Kier molecular flexibility index (Phi) is 9.58. The predicted octanol–water partition coefficient (Wildman–Crippen LogP) is 7.14. The van der Waals surface area contributed by atoms with Crippen LogP contribution in [0, 0.1) is 25.2 Å². The van der Waals surface area contributed by atoms with Crippen molar-refractivity contribution in [2.75, 3.05) is 31.3 Å². The molecule has 0 fully saturated rings. The third-order valence-corrected chi connectivity index (χ3v) is 7.33. The molecule has 0 saturated heterocycles. The molecule has 0 unspecified atom stereocenters. The molecule has 2 heterocycles. The normalized spacial score (nSPS) is 10.9. The number of nitriles is 1. The number of amides is 1. The maximum Gasteiger partial charge on any atom is 0.224 e. The standard InChI is InChI=1S/C30H30BrClN6O2/c1-18-7-5-9-34-27(18)17-40-28-13-22(31)26(14-23(28)32)37-30-20(15-33)16-35-25-11-19(2)24(12-21(25)30)36-29(39)8-6-10-38(3)4/h5,7,9,11-14,16H,6,8,10,17H2,1-4H3,(H,35,37)(H,36,39). The van der Waals surface area contributed by atoms with E-state index in [9.17, 15) is 10.1 Å². The topological polar surface area (TPSA) is 103 Å². The van der Waals surface area contributed by atoms with E-state index in [0.29, 0.717) is 55.2 Å². The predicted molar refractivity (Wildman–Crippen MR) is 163 cm³/mol. The SMILES string of the molecule is Cc1cc2ncc(C#N)c(Nc3cc(Cl)c(OCc4ncccc4C)cc3Br)c2cc1NC(=O)CCCN(C)C. The number of ether oxygens (including phenoxy) is 1. The van der Waals surface area contributed by atoms with Crippen molar-refractivity contribution in [2.45, 2.75) is 33.3 Å². The number of nitrogens with one attached hydrogen (secondary N) is 2. The summed E-state index contributed by atoms with van der Waals surface area (Å²) in [4.78, 5) is 23.5. The molecule has 0 aliphatic rings. The van der Waals surface area contributed by atoms with E-state index < -0.39 is 0 Å². The first-order valence-electron chi connectivity index (χ1n) is 12.7. The molecule has 40 heavy (non-hydrogen) atoms. The molecule has 206 valence electrons. The summed E-state index contributed by atoms with van der Waals surface area (Å²) in [5.41, 5.74) is 5.67. The summed E-state index contributed by atoms with van der Waals surface area (Å²) in [6, 6.07) is 13.3. The fourth-order valence-electron chi connectivity index (χ4n) is 4.15. The number of pyridine rings is 2. The van der Waals surface area contributed by atoms with Crippen molar-refractivity contribution in [1.29, 1.82) is 5.26 Å². The van der Waals surface area contributed by atoms with E-state index in [1.165, 1.54) is 6.20 Å². The first kappa shape index (κ1) is 29.3. The van der Waals surface area contributed by atoms with Crippen LogP contribution < -0.4 is 15.4 Å². The molecule has 8 nitrogen and oxygen atoms in total. The minimum Gasteiger partial charge on any atom is -0.486 e. The van der Waals surface area contributed by atoms with Crippen LogP contribution in [0.5, 0.6) is 5.75 Å². The van der Waals surface area contributed by atoms with Crippen molar-refractivity contribution in [3.05, 3.63) is 80.7 Å². The monoisotopic (exact) mass is 620 g/mol. The Bertz CT molecular complexity index is 1600. The van der Waals surface area contributed by atoms with E-state index in [-0.39, 0.29) is 12.5 Å². The number of carbonyl (C=O) groups is 1. The van der Waals surface area contributed by atoms with Crippen LogP contribution in [-0.2, 0) is 11.4 Å². The van der Waals surface area contributed by atoms with Crippen LogP contribution in [0.3, 0.4) is 0 Å². The Hall–Kier alpha value is -3.71. The van der Waals surface area contributed by atoms with Gasteiger partial charge in [0.2, 0.25) is 5.91 Å².